The van der Waals surface area contributed by atoms with Crippen LogP contribution in [0.25, 0.3) is 5.69 Å². The van der Waals surface area contributed by atoms with Gasteiger partial charge in [-0.1, -0.05) is 27.5 Å². The number of carbonyl (C=O) groups excluding carboxylic acids is 1. The zero-order chi connectivity index (χ0) is 20.1. The first-order chi connectivity index (χ1) is 13.4. The number of aromatic nitrogens is 1. The summed E-state index contributed by atoms with van der Waals surface area (Å²) in [7, 11) is 0. The smallest absolute Gasteiger partial charge is 0.250 e. The molecule has 0 aliphatic heterocycles. The monoisotopic (exact) mass is 475 g/mol. The van der Waals surface area contributed by atoms with E-state index in [9.17, 15) is 4.79 Å². The number of hydrogen-bond donors (Lipinski definition) is 1. The predicted octanol–water partition coefficient (Wildman–Crippen LogP) is 5.75. The third kappa shape index (κ3) is 5.28. The number of hydrogen-bond acceptors (Lipinski definition) is 3. The summed E-state index contributed by atoms with van der Waals surface area (Å²) in [6, 6.07) is 17.6. The SMILES string of the molecule is Cc1cc(/C=N\NC(=O)CSc2ccc(Cl)cc2)c(C)n1-c1ccc(Br)cc1. The Bertz CT molecular complexity index is 998. The highest BCUT2D eigenvalue weighted by Crippen LogP contribution is 2.22. The minimum absolute atomic E-state index is 0.155. The van der Waals surface area contributed by atoms with E-state index < -0.39 is 0 Å². The number of rotatable bonds is 6. The summed E-state index contributed by atoms with van der Waals surface area (Å²) in [6.07, 6.45) is 1.68. The molecule has 144 valence electrons. The molecule has 7 heteroatoms. The average molecular weight is 477 g/mol. The lowest BCUT2D eigenvalue weighted by Gasteiger charge is -2.09. The van der Waals surface area contributed by atoms with Crippen LogP contribution in [0.15, 0.2) is 69.1 Å². The molecule has 0 saturated heterocycles. The maximum atomic E-state index is 12.0. The molecule has 3 rings (SSSR count). The molecule has 0 aliphatic rings. The van der Waals surface area contributed by atoms with Gasteiger partial charge in [-0.05, 0) is 68.4 Å². The van der Waals surface area contributed by atoms with Crippen LogP contribution in [0.1, 0.15) is 17.0 Å². The Morgan fingerprint density at radius 1 is 1.18 bits per heavy atom. The number of nitrogens with one attached hydrogen (secondary N) is 1. The van der Waals surface area contributed by atoms with Gasteiger partial charge in [-0.3, -0.25) is 4.79 Å². The Morgan fingerprint density at radius 3 is 2.54 bits per heavy atom. The first-order valence-corrected chi connectivity index (χ1v) is 10.7. The maximum Gasteiger partial charge on any atom is 0.250 e. The maximum absolute atomic E-state index is 12.0. The molecule has 0 unspecified atom stereocenters. The topological polar surface area (TPSA) is 46.4 Å². The zero-order valence-electron chi connectivity index (χ0n) is 15.4. The molecule has 3 aromatic rings. The van der Waals surface area contributed by atoms with Gasteiger partial charge in [0.2, 0.25) is 5.91 Å². The lowest BCUT2D eigenvalue weighted by molar-refractivity contribution is -0.118. The third-order valence-corrected chi connectivity index (χ3v) is 5.92. The van der Waals surface area contributed by atoms with Crippen LogP contribution in [0.4, 0.5) is 0 Å². The number of amides is 1. The van der Waals surface area contributed by atoms with Gasteiger partial charge in [0.05, 0.1) is 12.0 Å². The predicted molar refractivity (Wildman–Crippen MR) is 121 cm³/mol. The Hall–Kier alpha value is -2.02. The van der Waals surface area contributed by atoms with Crippen molar-refractivity contribution in [3.63, 3.8) is 0 Å². The first kappa shape index (κ1) is 20.7. The van der Waals surface area contributed by atoms with Gasteiger partial charge in [0.25, 0.3) is 0 Å². The summed E-state index contributed by atoms with van der Waals surface area (Å²) < 4.78 is 3.20. The van der Waals surface area contributed by atoms with E-state index in [0.717, 1.165) is 32.0 Å². The van der Waals surface area contributed by atoms with Crippen LogP contribution in [0.2, 0.25) is 5.02 Å². The quantitative estimate of drug-likeness (QED) is 0.280. The molecule has 0 fully saturated rings. The van der Waals surface area contributed by atoms with Crippen LogP contribution >= 0.6 is 39.3 Å². The minimum Gasteiger partial charge on any atom is -0.318 e. The highest BCUT2D eigenvalue weighted by molar-refractivity contribution is 9.10. The molecule has 0 atom stereocenters. The molecular weight excluding hydrogens is 458 g/mol. The summed E-state index contributed by atoms with van der Waals surface area (Å²) in [6.45, 7) is 4.09. The summed E-state index contributed by atoms with van der Waals surface area (Å²) in [4.78, 5) is 13.0. The number of nitrogens with zero attached hydrogens (tertiary/aromatic N) is 2. The highest BCUT2D eigenvalue weighted by atomic mass is 79.9. The number of hydrazone groups is 1. The van der Waals surface area contributed by atoms with Gasteiger partial charge in [-0.15, -0.1) is 11.8 Å². The fourth-order valence-electron chi connectivity index (χ4n) is 2.79. The summed E-state index contributed by atoms with van der Waals surface area (Å²) in [5, 5.41) is 4.79. The fraction of sp³-hybridized carbons (Fsp3) is 0.143. The normalized spacial score (nSPS) is 11.1. The van der Waals surface area contributed by atoms with E-state index in [2.05, 4.69) is 49.2 Å². The average Bonchev–Trinajstić information content (AvgIpc) is 2.96. The molecule has 0 saturated carbocycles. The van der Waals surface area contributed by atoms with E-state index in [1.807, 2.05) is 38.1 Å². The Kier molecular flexibility index (Phi) is 6.99. The van der Waals surface area contributed by atoms with E-state index in [0.29, 0.717) is 5.02 Å². The van der Waals surface area contributed by atoms with Gasteiger partial charge in [-0.25, -0.2) is 5.43 Å². The van der Waals surface area contributed by atoms with Crippen LogP contribution in [-0.4, -0.2) is 22.4 Å². The number of aryl methyl sites for hydroxylation is 1. The van der Waals surface area contributed by atoms with Crippen LogP contribution < -0.4 is 5.43 Å². The van der Waals surface area contributed by atoms with Crippen molar-refractivity contribution in [3.05, 3.63) is 81.0 Å². The van der Waals surface area contributed by atoms with Crippen LogP contribution in [0.5, 0.6) is 0 Å². The highest BCUT2D eigenvalue weighted by Gasteiger charge is 2.09. The number of halogens is 2. The lowest BCUT2D eigenvalue weighted by atomic mass is 10.2. The largest absolute Gasteiger partial charge is 0.318 e. The Labute approximate surface area is 182 Å². The second-order valence-electron chi connectivity index (χ2n) is 6.17. The molecule has 2 aromatic carbocycles. The molecule has 0 spiro atoms. The Balaban J connectivity index is 1.61. The second-order valence-corrected chi connectivity index (χ2v) is 8.57. The summed E-state index contributed by atoms with van der Waals surface area (Å²) >= 11 is 10.8. The fourth-order valence-corrected chi connectivity index (χ4v) is 3.87. The van der Waals surface area contributed by atoms with Crippen molar-refractivity contribution in [1.82, 2.24) is 9.99 Å². The van der Waals surface area contributed by atoms with E-state index in [1.54, 1.807) is 18.3 Å². The zero-order valence-corrected chi connectivity index (χ0v) is 18.6. The van der Waals surface area contributed by atoms with E-state index in [1.165, 1.54) is 11.8 Å². The number of carbonyl (C=O) groups is 1. The van der Waals surface area contributed by atoms with Crippen molar-refractivity contribution in [3.8, 4) is 5.69 Å². The van der Waals surface area contributed by atoms with Crippen LogP contribution in [-0.2, 0) is 4.79 Å². The minimum atomic E-state index is -0.155. The van der Waals surface area contributed by atoms with Gasteiger partial charge >= 0.3 is 0 Å². The molecule has 1 N–H and O–H groups in total. The van der Waals surface area contributed by atoms with Crippen molar-refractivity contribution < 1.29 is 4.79 Å². The molecule has 1 amide bonds. The van der Waals surface area contributed by atoms with E-state index in [4.69, 9.17) is 11.6 Å². The molecule has 1 heterocycles. The van der Waals surface area contributed by atoms with E-state index >= 15 is 0 Å². The van der Waals surface area contributed by atoms with Crippen molar-refractivity contribution >= 4 is 51.4 Å². The van der Waals surface area contributed by atoms with Gasteiger partial charge < -0.3 is 4.57 Å². The molecule has 28 heavy (non-hydrogen) atoms. The molecule has 1 aromatic heterocycles. The third-order valence-electron chi connectivity index (χ3n) is 4.13. The van der Waals surface area contributed by atoms with Crippen LogP contribution in [0.3, 0.4) is 0 Å². The van der Waals surface area contributed by atoms with Crippen molar-refractivity contribution in [2.45, 2.75) is 18.7 Å². The van der Waals surface area contributed by atoms with Gasteiger partial charge in [0.1, 0.15) is 0 Å². The molecule has 0 aliphatic carbocycles. The van der Waals surface area contributed by atoms with Crippen molar-refractivity contribution in [2.75, 3.05) is 5.75 Å². The number of benzene rings is 2. The van der Waals surface area contributed by atoms with E-state index in [-0.39, 0.29) is 11.7 Å². The van der Waals surface area contributed by atoms with Crippen molar-refractivity contribution in [1.29, 1.82) is 0 Å². The second kappa shape index (κ2) is 9.45. The molecular formula is C21H19BrClN3OS. The Morgan fingerprint density at radius 2 is 1.86 bits per heavy atom. The van der Waals surface area contributed by atoms with Gasteiger partial charge in [-0.2, -0.15) is 5.10 Å². The van der Waals surface area contributed by atoms with Crippen molar-refractivity contribution in [2.24, 2.45) is 5.10 Å². The van der Waals surface area contributed by atoms with Gasteiger partial charge in [0, 0.05) is 37.0 Å². The molecule has 0 radical (unpaired) electrons. The molecule has 0 bridgehead atoms. The van der Waals surface area contributed by atoms with Crippen LogP contribution in [0, 0.1) is 13.8 Å². The molecule has 4 nitrogen and oxygen atoms in total. The standard InChI is InChI=1S/C21H19BrClN3OS/c1-14-11-16(15(2)26(14)19-7-3-17(22)4-8-19)12-24-25-21(27)13-28-20-9-5-18(23)6-10-20/h3-12H,13H2,1-2H3,(H,25,27)/b24-12-. The lowest BCUT2D eigenvalue weighted by Crippen LogP contribution is -2.19. The van der Waals surface area contributed by atoms with Gasteiger partial charge in [0.15, 0.2) is 0 Å². The summed E-state index contributed by atoms with van der Waals surface area (Å²) in [5.74, 6) is 0.134. The summed E-state index contributed by atoms with van der Waals surface area (Å²) in [5.41, 5.74) is 6.80. The number of thioether (sulfide) groups is 1. The first-order valence-electron chi connectivity index (χ1n) is 8.59.